The van der Waals surface area contributed by atoms with Crippen LogP contribution in [0.5, 0.6) is 0 Å². The minimum absolute atomic E-state index is 0.123. The van der Waals surface area contributed by atoms with Gasteiger partial charge in [0.15, 0.2) is 5.16 Å². The molecule has 5 nitrogen and oxygen atoms in total. The van der Waals surface area contributed by atoms with E-state index in [0.717, 1.165) is 0 Å². The van der Waals surface area contributed by atoms with Crippen molar-refractivity contribution in [3.63, 3.8) is 0 Å². The van der Waals surface area contributed by atoms with E-state index in [2.05, 4.69) is 21.9 Å². The Labute approximate surface area is 152 Å². The van der Waals surface area contributed by atoms with E-state index in [-0.39, 0.29) is 23.7 Å². The summed E-state index contributed by atoms with van der Waals surface area (Å²) in [6.45, 7) is 3.63. The Morgan fingerprint density at radius 3 is 2.88 bits per heavy atom. The number of carbonyl (C=O) groups excluding carboxylic acids is 1. The summed E-state index contributed by atoms with van der Waals surface area (Å²) in [7, 11) is 0. The van der Waals surface area contributed by atoms with Gasteiger partial charge in [0.05, 0.1) is 5.56 Å². The van der Waals surface area contributed by atoms with Gasteiger partial charge in [-0.1, -0.05) is 47.1 Å². The number of nitrogens with one attached hydrogen (secondary N) is 2. The van der Waals surface area contributed by atoms with Crippen LogP contribution in [0.4, 0.5) is 5.82 Å². The molecule has 0 radical (unpaired) electrons. The second-order valence-corrected chi connectivity index (χ2v) is 7.06. The highest BCUT2D eigenvalue weighted by Crippen LogP contribution is 2.38. The van der Waals surface area contributed by atoms with Crippen LogP contribution in [0.15, 0.2) is 40.8 Å². The van der Waals surface area contributed by atoms with Crippen LogP contribution in [0, 0.1) is 0 Å². The van der Waals surface area contributed by atoms with Crippen LogP contribution in [0.2, 0.25) is 10.0 Å². The lowest BCUT2D eigenvalue weighted by molar-refractivity contribution is -0.116. The number of nitrogens with zero attached hydrogens (tertiary/aromatic N) is 1. The van der Waals surface area contributed by atoms with Crippen LogP contribution >= 0.6 is 35.0 Å². The van der Waals surface area contributed by atoms with Crippen molar-refractivity contribution in [1.82, 2.24) is 9.97 Å². The molecule has 1 amide bonds. The molecule has 1 aromatic carbocycles. The summed E-state index contributed by atoms with van der Waals surface area (Å²) in [5, 5.41) is 4.01. The molecular weight excluding hydrogens is 369 g/mol. The second-order valence-electron chi connectivity index (χ2n) is 5.20. The first kappa shape index (κ1) is 17.1. The van der Waals surface area contributed by atoms with E-state index < -0.39 is 5.92 Å². The Hall–Kier alpha value is -1.76. The number of hydrogen-bond acceptors (Lipinski definition) is 4. The van der Waals surface area contributed by atoms with Crippen molar-refractivity contribution in [1.29, 1.82) is 0 Å². The zero-order valence-electron chi connectivity index (χ0n) is 12.4. The number of carbonyl (C=O) groups is 1. The van der Waals surface area contributed by atoms with E-state index in [1.807, 2.05) is 0 Å². The molecule has 0 bridgehead atoms. The van der Waals surface area contributed by atoms with Crippen molar-refractivity contribution in [3.8, 4) is 0 Å². The molecule has 24 heavy (non-hydrogen) atoms. The van der Waals surface area contributed by atoms with Gasteiger partial charge in [-0.05, 0) is 17.7 Å². The fourth-order valence-electron chi connectivity index (χ4n) is 2.61. The van der Waals surface area contributed by atoms with Crippen molar-refractivity contribution in [3.05, 3.63) is 62.4 Å². The fraction of sp³-hybridized carbons (Fsp3) is 0.188. The summed E-state index contributed by atoms with van der Waals surface area (Å²) >= 11 is 13.5. The summed E-state index contributed by atoms with van der Waals surface area (Å²) in [5.41, 5.74) is 0.792. The molecule has 0 unspecified atom stereocenters. The summed E-state index contributed by atoms with van der Waals surface area (Å²) in [5.74, 6) is 0.198. The molecule has 8 heteroatoms. The molecule has 0 spiro atoms. The number of rotatable bonds is 4. The topological polar surface area (TPSA) is 74.8 Å². The number of aromatic nitrogens is 2. The van der Waals surface area contributed by atoms with Crippen LogP contribution in [-0.2, 0) is 4.79 Å². The number of benzene rings is 1. The van der Waals surface area contributed by atoms with E-state index in [1.165, 1.54) is 11.8 Å². The smallest absolute Gasteiger partial charge is 0.257 e. The van der Waals surface area contributed by atoms with Gasteiger partial charge in [0.1, 0.15) is 5.82 Å². The fourth-order valence-corrected chi connectivity index (χ4v) is 3.74. The molecule has 1 aromatic heterocycles. The highest BCUT2D eigenvalue weighted by Gasteiger charge is 2.32. The Balaban J connectivity index is 2.11. The van der Waals surface area contributed by atoms with Gasteiger partial charge in [-0.2, -0.15) is 0 Å². The van der Waals surface area contributed by atoms with Crippen molar-refractivity contribution >= 4 is 46.7 Å². The van der Waals surface area contributed by atoms with Gasteiger partial charge < -0.3 is 10.3 Å². The van der Waals surface area contributed by atoms with Gasteiger partial charge in [0, 0.05) is 28.1 Å². The lowest BCUT2D eigenvalue weighted by atomic mass is 9.87. The average molecular weight is 382 g/mol. The summed E-state index contributed by atoms with van der Waals surface area (Å²) in [4.78, 5) is 31.7. The number of thioether (sulfide) groups is 1. The zero-order chi connectivity index (χ0) is 17.3. The molecule has 1 aliphatic rings. The van der Waals surface area contributed by atoms with Crippen molar-refractivity contribution in [2.75, 3.05) is 11.1 Å². The van der Waals surface area contributed by atoms with Gasteiger partial charge in [0.25, 0.3) is 5.56 Å². The summed E-state index contributed by atoms with van der Waals surface area (Å²) in [6.07, 6.45) is 1.83. The number of anilines is 1. The van der Waals surface area contributed by atoms with Gasteiger partial charge in [-0.15, -0.1) is 6.58 Å². The predicted octanol–water partition coefficient (Wildman–Crippen LogP) is 3.83. The molecule has 124 valence electrons. The molecule has 0 fully saturated rings. The standard InChI is InChI=1S/C16H13Cl2N3O2S/c1-2-5-24-16-20-14-13(15(23)21-16)10(7-12(22)19-14)9-4-3-8(17)6-11(9)18/h2-4,6,10H,1,5,7H2,(H2,19,20,21,22,23)/t10-/m1/s1. The molecule has 1 atom stereocenters. The Bertz CT molecular complexity index is 882. The van der Waals surface area contributed by atoms with Crippen LogP contribution in [0.25, 0.3) is 0 Å². The average Bonchev–Trinajstić information content (AvgIpc) is 2.51. The normalized spacial score (nSPS) is 16.4. The predicted molar refractivity (Wildman–Crippen MR) is 97.3 cm³/mol. The zero-order valence-corrected chi connectivity index (χ0v) is 14.8. The first-order valence-corrected chi connectivity index (χ1v) is 8.86. The minimum atomic E-state index is -0.465. The molecule has 2 N–H and O–H groups in total. The van der Waals surface area contributed by atoms with Crippen molar-refractivity contribution < 1.29 is 4.79 Å². The van der Waals surface area contributed by atoms with E-state index in [9.17, 15) is 9.59 Å². The largest absolute Gasteiger partial charge is 0.310 e. The Morgan fingerprint density at radius 1 is 1.38 bits per heavy atom. The minimum Gasteiger partial charge on any atom is -0.310 e. The molecular formula is C16H13Cl2N3O2S. The molecule has 2 aromatic rings. The van der Waals surface area contributed by atoms with E-state index in [0.29, 0.717) is 32.1 Å². The van der Waals surface area contributed by atoms with Crippen molar-refractivity contribution in [2.45, 2.75) is 17.5 Å². The monoisotopic (exact) mass is 381 g/mol. The summed E-state index contributed by atoms with van der Waals surface area (Å²) < 4.78 is 0. The van der Waals surface area contributed by atoms with E-state index in [1.54, 1.807) is 24.3 Å². The number of amides is 1. The number of fused-ring (bicyclic) bond motifs is 1. The van der Waals surface area contributed by atoms with Crippen LogP contribution in [-0.4, -0.2) is 21.6 Å². The number of aromatic amines is 1. The van der Waals surface area contributed by atoms with Gasteiger partial charge >= 0.3 is 0 Å². The van der Waals surface area contributed by atoms with Crippen LogP contribution in [0.3, 0.4) is 0 Å². The maximum Gasteiger partial charge on any atom is 0.257 e. The lowest BCUT2D eigenvalue weighted by Crippen LogP contribution is -2.31. The lowest BCUT2D eigenvalue weighted by Gasteiger charge is -2.25. The number of H-pyrrole nitrogens is 1. The van der Waals surface area contributed by atoms with Crippen molar-refractivity contribution in [2.24, 2.45) is 0 Å². The van der Waals surface area contributed by atoms with Gasteiger partial charge in [-0.3, -0.25) is 9.59 Å². The van der Waals surface area contributed by atoms with Crippen LogP contribution in [0.1, 0.15) is 23.5 Å². The molecule has 2 heterocycles. The highest BCUT2D eigenvalue weighted by molar-refractivity contribution is 7.99. The summed E-state index contributed by atoms with van der Waals surface area (Å²) in [6, 6.07) is 5.02. The SMILES string of the molecule is C=CCSc1nc2c(c(=O)[nH]1)[C@@H](c1ccc(Cl)cc1Cl)CC(=O)N2. The molecule has 1 aliphatic heterocycles. The molecule has 0 aliphatic carbocycles. The maximum absolute atomic E-state index is 12.6. The molecule has 0 saturated carbocycles. The Morgan fingerprint density at radius 2 is 2.17 bits per heavy atom. The third-order valence-electron chi connectivity index (χ3n) is 3.61. The van der Waals surface area contributed by atoms with E-state index >= 15 is 0 Å². The Kier molecular flexibility index (Phi) is 4.99. The molecule has 3 rings (SSSR count). The molecule has 0 saturated heterocycles. The highest BCUT2D eigenvalue weighted by atomic mass is 35.5. The van der Waals surface area contributed by atoms with Gasteiger partial charge in [-0.25, -0.2) is 4.98 Å². The third kappa shape index (κ3) is 3.36. The third-order valence-corrected chi connectivity index (χ3v) is 5.04. The van der Waals surface area contributed by atoms with Crippen LogP contribution < -0.4 is 10.9 Å². The second kappa shape index (κ2) is 7.01. The first-order chi connectivity index (χ1) is 11.5. The quantitative estimate of drug-likeness (QED) is 0.479. The van der Waals surface area contributed by atoms with Gasteiger partial charge in [0.2, 0.25) is 5.91 Å². The first-order valence-electron chi connectivity index (χ1n) is 7.12. The van der Waals surface area contributed by atoms with E-state index in [4.69, 9.17) is 23.2 Å². The number of hydrogen-bond donors (Lipinski definition) is 2. The number of halogens is 2. The maximum atomic E-state index is 12.6.